The van der Waals surface area contributed by atoms with Crippen molar-refractivity contribution < 1.29 is 4.79 Å². The van der Waals surface area contributed by atoms with Gasteiger partial charge in [-0.1, -0.05) is 71.9 Å². The lowest BCUT2D eigenvalue weighted by atomic mass is 10.2. The van der Waals surface area contributed by atoms with Gasteiger partial charge in [-0.3, -0.25) is 14.3 Å². The zero-order valence-corrected chi connectivity index (χ0v) is 19.1. The summed E-state index contributed by atoms with van der Waals surface area (Å²) in [4.78, 5) is 16.9. The van der Waals surface area contributed by atoms with E-state index in [1.807, 2.05) is 66.1 Å². The van der Waals surface area contributed by atoms with E-state index in [2.05, 4.69) is 32.6 Å². The van der Waals surface area contributed by atoms with Gasteiger partial charge in [-0.25, -0.2) is 0 Å². The maximum Gasteiger partial charge on any atom is 0.233 e. The number of carbonyl (C=O) groups is 1. The van der Waals surface area contributed by atoms with Crippen molar-refractivity contribution in [1.29, 1.82) is 0 Å². The van der Waals surface area contributed by atoms with E-state index in [1.165, 1.54) is 11.8 Å². The summed E-state index contributed by atoms with van der Waals surface area (Å²) in [7, 11) is 0. The zero-order chi connectivity index (χ0) is 22.3. The molecule has 32 heavy (non-hydrogen) atoms. The second-order valence-electron chi connectivity index (χ2n) is 7.19. The first-order chi connectivity index (χ1) is 15.6. The molecule has 0 radical (unpaired) electrons. The maximum absolute atomic E-state index is 12.7. The molecule has 1 N–H and O–H groups in total. The van der Waals surface area contributed by atoms with Gasteiger partial charge in [0.1, 0.15) is 0 Å². The van der Waals surface area contributed by atoms with Crippen LogP contribution in [-0.4, -0.2) is 30.9 Å². The van der Waals surface area contributed by atoms with Crippen LogP contribution in [0.1, 0.15) is 18.1 Å². The van der Waals surface area contributed by atoms with E-state index in [0.29, 0.717) is 29.1 Å². The third-order valence-corrected chi connectivity index (χ3v) is 6.33. The largest absolute Gasteiger partial charge is 0.351 e. The molecule has 0 aliphatic rings. The van der Waals surface area contributed by atoms with Crippen LogP contribution in [0, 0.1) is 0 Å². The van der Waals surface area contributed by atoms with Gasteiger partial charge in [-0.2, -0.15) is 0 Å². The van der Waals surface area contributed by atoms with Gasteiger partial charge in [0, 0.05) is 29.5 Å². The normalized spacial score (nSPS) is 11.8. The Bertz CT molecular complexity index is 1180. The molecule has 1 amide bonds. The van der Waals surface area contributed by atoms with Crippen molar-refractivity contribution in [3.8, 4) is 11.4 Å². The van der Waals surface area contributed by atoms with Crippen LogP contribution in [0.4, 0.5) is 0 Å². The van der Waals surface area contributed by atoms with Gasteiger partial charge in [0.2, 0.25) is 5.91 Å². The lowest BCUT2D eigenvalue weighted by Gasteiger charge is -2.14. The van der Waals surface area contributed by atoms with Gasteiger partial charge in [-0.05, 0) is 36.2 Å². The Balaban J connectivity index is 1.52. The highest BCUT2D eigenvalue weighted by Crippen LogP contribution is 2.27. The summed E-state index contributed by atoms with van der Waals surface area (Å²) in [6.45, 7) is 2.83. The number of amides is 1. The second kappa shape index (κ2) is 10.4. The number of nitrogens with zero attached hydrogens (tertiary/aromatic N) is 4. The number of pyridine rings is 1. The molecule has 162 valence electrons. The fourth-order valence-corrected chi connectivity index (χ4v) is 4.25. The second-order valence-corrected chi connectivity index (χ2v) is 8.90. The standard InChI is InChI=1S/C24H22ClN5OS/c1-17(23(31)27-15-19-10-5-6-12-21(19)25)32-24-29-28-22(20-11-7-13-26-14-20)30(24)16-18-8-3-2-4-9-18/h2-14,17H,15-16H2,1H3,(H,27,31). The predicted molar refractivity (Wildman–Crippen MR) is 127 cm³/mol. The van der Waals surface area contributed by atoms with Crippen molar-refractivity contribution in [3.05, 3.63) is 95.3 Å². The molecule has 0 fully saturated rings. The summed E-state index contributed by atoms with van der Waals surface area (Å²) in [6.07, 6.45) is 3.49. The van der Waals surface area contributed by atoms with Crippen LogP contribution in [0.3, 0.4) is 0 Å². The molecule has 0 spiro atoms. The third kappa shape index (κ3) is 5.36. The Kier molecular flexibility index (Phi) is 7.19. The van der Waals surface area contributed by atoms with E-state index < -0.39 is 0 Å². The van der Waals surface area contributed by atoms with Crippen molar-refractivity contribution in [2.24, 2.45) is 0 Å². The summed E-state index contributed by atoms with van der Waals surface area (Å²) in [6, 6.07) is 21.4. The Hall–Kier alpha value is -3.16. The van der Waals surface area contributed by atoms with Gasteiger partial charge < -0.3 is 5.32 Å². The zero-order valence-electron chi connectivity index (χ0n) is 17.5. The van der Waals surface area contributed by atoms with E-state index in [1.54, 1.807) is 12.4 Å². The highest BCUT2D eigenvalue weighted by molar-refractivity contribution is 8.00. The van der Waals surface area contributed by atoms with Gasteiger partial charge in [0.15, 0.2) is 11.0 Å². The van der Waals surface area contributed by atoms with Crippen LogP contribution < -0.4 is 5.32 Å². The highest BCUT2D eigenvalue weighted by atomic mass is 35.5. The molecule has 4 aromatic rings. The van der Waals surface area contributed by atoms with Gasteiger partial charge in [0.25, 0.3) is 0 Å². The van der Waals surface area contributed by atoms with Crippen molar-refractivity contribution in [1.82, 2.24) is 25.1 Å². The summed E-state index contributed by atoms with van der Waals surface area (Å²) in [5, 5.41) is 12.7. The monoisotopic (exact) mass is 463 g/mol. The molecule has 2 aromatic heterocycles. The van der Waals surface area contributed by atoms with Crippen molar-refractivity contribution in [2.75, 3.05) is 0 Å². The van der Waals surface area contributed by atoms with Gasteiger partial charge in [-0.15, -0.1) is 10.2 Å². The van der Waals surface area contributed by atoms with E-state index in [4.69, 9.17) is 11.6 Å². The smallest absolute Gasteiger partial charge is 0.233 e. The van der Waals surface area contributed by atoms with E-state index in [9.17, 15) is 4.79 Å². The lowest BCUT2D eigenvalue weighted by Crippen LogP contribution is -2.30. The molecule has 0 aliphatic heterocycles. The molecule has 6 nitrogen and oxygen atoms in total. The first kappa shape index (κ1) is 22.0. The fourth-order valence-electron chi connectivity index (χ4n) is 3.17. The molecule has 0 bridgehead atoms. The highest BCUT2D eigenvalue weighted by Gasteiger charge is 2.21. The minimum absolute atomic E-state index is 0.0906. The average Bonchev–Trinajstić information content (AvgIpc) is 3.21. The Morgan fingerprint density at radius 2 is 1.84 bits per heavy atom. The molecule has 1 atom stereocenters. The number of hydrogen-bond acceptors (Lipinski definition) is 5. The average molecular weight is 464 g/mol. The summed E-state index contributed by atoms with van der Waals surface area (Å²) in [5.41, 5.74) is 2.87. The summed E-state index contributed by atoms with van der Waals surface area (Å²) in [5.74, 6) is 0.625. The number of aromatic nitrogens is 4. The van der Waals surface area contributed by atoms with E-state index >= 15 is 0 Å². The summed E-state index contributed by atoms with van der Waals surface area (Å²) >= 11 is 7.57. The van der Waals surface area contributed by atoms with Gasteiger partial charge >= 0.3 is 0 Å². The van der Waals surface area contributed by atoms with Crippen LogP contribution in [0.15, 0.2) is 84.3 Å². The van der Waals surface area contributed by atoms with Crippen LogP contribution in [0.5, 0.6) is 0 Å². The number of nitrogens with one attached hydrogen (secondary N) is 1. The molecule has 2 heterocycles. The van der Waals surface area contributed by atoms with Crippen molar-refractivity contribution in [3.63, 3.8) is 0 Å². The van der Waals surface area contributed by atoms with Gasteiger partial charge in [0.05, 0.1) is 11.8 Å². The molecule has 1 unspecified atom stereocenters. The Morgan fingerprint density at radius 3 is 2.59 bits per heavy atom. The number of rotatable bonds is 8. The lowest BCUT2D eigenvalue weighted by molar-refractivity contribution is -0.120. The molecule has 0 aliphatic carbocycles. The van der Waals surface area contributed by atoms with Crippen molar-refractivity contribution in [2.45, 2.75) is 30.4 Å². The number of carbonyl (C=O) groups excluding carboxylic acids is 1. The molecule has 4 rings (SSSR count). The fraction of sp³-hybridized carbons (Fsp3) is 0.167. The van der Waals surface area contributed by atoms with Crippen LogP contribution >= 0.6 is 23.4 Å². The molecular weight excluding hydrogens is 442 g/mol. The quantitative estimate of drug-likeness (QED) is 0.378. The minimum atomic E-state index is -0.363. The van der Waals surface area contributed by atoms with Crippen molar-refractivity contribution >= 4 is 29.3 Å². The van der Waals surface area contributed by atoms with Crippen LogP contribution in [0.25, 0.3) is 11.4 Å². The number of thioether (sulfide) groups is 1. The Labute approximate surface area is 196 Å². The number of halogens is 1. The molecule has 0 saturated heterocycles. The topological polar surface area (TPSA) is 72.7 Å². The summed E-state index contributed by atoms with van der Waals surface area (Å²) < 4.78 is 2.02. The van der Waals surface area contributed by atoms with E-state index in [0.717, 1.165) is 16.7 Å². The third-order valence-electron chi connectivity index (χ3n) is 4.88. The first-order valence-electron chi connectivity index (χ1n) is 10.2. The molecular formula is C24H22ClN5OS. The Morgan fingerprint density at radius 1 is 1.06 bits per heavy atom. The molecule has 8 heteroatoms. The molecule has 2 aromatic carbocycles. The first-order valence-corrected chi connectivity index (χ1v) is 11.4. The SMILES string of the molecule is CC(Sc1nnc(-c2cccnc2)n1Cc1ccccc1)C(=O)NCc1ccccc1Cl. The molecule has 0 saturated carbocycles. The van der Waals surface area contributed by atoms with E-state index in [-0.39, 0.29) is 11.2 Å². The maximum atomic E-state index is 12.7. The number of hydrogen-bond donors (Lipinski definition) is 1. The predicted octanol–water partition coefficient (Wildman–Crippen LogP) is 4.84. The van der Waals surface area contributed by atoms with Crippen LogP contribution in [-0.2, 0) is 17.9 Å². The number of benzene rings is 2. The minimum Gasteiger partial charge on any atom is -0.351 e. The van der Waals surface area contributed by atoms with Crippen LogP contribution in [0.2, 0.25) is 5.02 Å².